The third-order valence-electron chi connectivity index (χ3n) is 4.93. The van der Waals surface area contributed by atoms with E-state index < -0.39 is 5.91 Å². The highest BCUT2D eigenvalue weighted by molar-refractivity contribution is 8.27. The molecule has 150 valence electrons. The number of aliphatic imine (C=N–C) groups is 1. The van der Waals surface area contributed by atoms with Gasteiger partial charge in [0, 0.05) is 13.1 Å². The Kier molecular flexibility index (Phi) is 5.48. The number of amidine groups is 2. The zero-order chi connectivity index (χ0) is 20.4. The Hall–Kier alpha value is -2.94. The molecule has 0 atom stereocenters. The van der Waals surface area contributed by atoms with Crippen molar-refractivity contribution in [1.29, 1.82) is 5.41 Å². The van der Waals surface area contributed by atoms with Crippen LogP contribution in [0.25, 0.3) is 6.08 Å². The van der Waals surface area contributed by atoms with Gasteiger partial charge in [-0.1, -0.05) is 12.1 Å². The predicted molar refractivity (Wildman–Crippen MR) is 113 cm³/mol. The second-order valence-corrected chi connectivity index (χ2v) is 7.95. The minimum absolute atomic E-state index is 0.0308. The number of hydrogen-bond acceptors (Lipinski definition) is 6. The number of ether oxygens (including phenoxy) is 1. The molecule has 3 aliphatic rings. The zero-order valence-corrected chi connectivity index (χ0v) is 16.9. The van der Waals surface area contributed by atoms with Gasteiger partial charge in [-0.15, -0.1) is 0 Å². The summed E-state index contributed by atoms with van der Waals surface area (Å²) < 4.78 is 5.13. The largest absolute Gasteiger partial charge is 0.497 e. The Balaban J connectivity index is 1.50. The number of hydrogen-bond donors (Lipinski definition) is 1. The molecule has 0 saturated carbocycles. The molecule has 3 heterocycles. The number of carbonyl (C=O) groups is 2. The lowest BCUT2D eigenvalue weighted by atomic mass is 10.1. The summed E-state index contributed by atoms with van der Waals surface area (Å²) in [6, 6.07) is 7.17. The molecule has 9 heteroatoms. The topological polar surface area (TPSA) is 98.4 Å². The minimum atomic E-state index is -0.483. The van der Waals surface area contributed by atoms with Crippen LogP contribution < -0.4 is 4.74 Å². The van der Waals surface area contributed by atoms with Crippen molar-refractivity contribution in [3.8, 4) is 5.75 Å². The highest BCUT2D eigenvalue weighted by Crippen LogP contribution is 2.30. The molecule has 2 amide bonds. The molecule has 4 rings (SSSR count). The van der Waals surface area contributed by atoms with E-state index in [-0.39, 0.29) is 23.7 Å². The van der Waals surface area contributed by atoms with Gasteiger partial charge in [0.15, 0.2) is 5.84 Å². The molecule has 1 aromatic carbocycles. The van der Waals surface area contributed by atoms with E-state index in [2.05, 4.69) is 10.1 Å². The second-order valence-electron chi connectivity index (χ2n) is 6.91. The maximum Gasteiger partial charge on any atom is 0.283 e. The predicted octanol–water partition coefficient (Wildman–Crippen LogP) is 2.72. The van der Waals surface area contributed by atoms with Gasteiger partial charge < -0.3 is 9.64 Å². The van der Waals surface area contributed by atoms with Gasteiger partial charge >= 0.3 is 0 Å². The summed E-state index contributed by atoms with van der Waals surface area (Å²) in [5, 5.41) is 15.0. The normalized spacial score (nSPS) is 20.5. The quantitative estimate of drug-likeness (QED) is 0.768. The van der Waals surface area contributed by atoms with Crippen LogP contribution in [0.2, 0.25) is 0 Å². The van der Waals surface area contributed by atoms with Gasteiger partial charge in [-0.2, -0.15) is 15.1 Å². The zero-order valence-electron chi connectivity index (χ0n) is 16.1. The molecule has 0 aromatic heterocycles. The van der Waals surface area contributed by atoms with Crippen LogP contribution in [0.4, 0.5) is 0 Å². The minimum Gasteiger partial charge on any atom is -0.497 e. The Bertz CT molecular complexity index is 945. The van der Waals surface area contributed by atoms with Gasteiger partial charge in [0.25, 0.3) is 5.91 Å². The van der Waals surface area contributed by atoms with Gasteiger partial charge in [0.1, 0.15) is 10.8 Å². The lowest BCUT2D eigenvalue weighted by Crippen LogP contribution is -2.36. The van der Waals surface area contributed by atoms with Crippen LogP contribution in [-0.4, -0.2) is 58.0 Å². The summed E-state index contributed by atoms with van der Waals surface area (Å²) in [5.74, 6) is 0.219. The van der Waals surface area contributed by atoms with Crippen LogP contribution in [0.1, 0.15) is 31.2 Å². The summed E-state index contributed by atoms with van der Waals surface area (Å²) in [6.07, 6.45) is 5.00. The first kappa shape index (κ1) is 19.4. The molecule has 0 spiro atoms. The van der Waals surface area contributed by atoms with Crippen molar-refractivity contribution in [3.63, 3.8) is 0 Å². The molecule has 1 saturated heterocycles. The second kappa shape index (κ2) is 8.20. The third kappa shape index (κ3) is 4.09. The Labute approximate surface area is 172 Å². The smallest absolute Gasteiger partial charge is 0.283 e. The van der Waals surface area contributed by atoms with Crippen molar-refractivity contribution >= 4 is 45.7 Å². The first-order valence-corrected chi connectivity index (χ1v) is 10.3. The fraction of sp³-hybridized carbons (Fsp3) is 0.350. The fourth-order valence-electron chi connectivity index (χ4n) is 3.35. The number of methoxy groups -OCH3 is 1. The average Bonchev–Trinajstić information content (AvgIpc) is 3.14. The number of nitrogens with zero attached hydrogens (tertiary/aromatic N) is 4. The van der Waals surface area contributed by atoms with Crippen LogP contribution in [0.15, 0.2) is 39.9 Å². The lowest BCUT2D eigenvalue weighted by Gasteiger charge is -2.26. The van der Waals surface area contributed by atoms with E-state index in [1.54, 1.807) is 37.5 Å². The number of rotatable bonds is 4. The fourth-order valence-corrected chi connectivity index (χ4v) is 4.23. The summed E-state index contributed by atoms with van der Waals surface area (Å²) in [5.41, 5.74) is 0.917. The van der Waals surface area contributed by atoms with Crippen molar-refractivity contribution in [2.24, 2.45) is 10.1 Å². The van der Waals surface area contributed by atoms with E-state index in [9.17, 15) is 9.59 Å². The maximum absolute atomic E-state index is 12.5. The van der Waals surface area contributed by atoms with Gasteiger partial charge in [-0.3, -0.25) is 15.0 Å². The Morgan fingerprint density at radius 1 is 1.24 bits per heavy atom. The maximum atomic E-state index is 12.5. The van der Waals surface area contributed by atoms with Crippen molar-refractivity contribution < 1.29 is 14.3 Å². The number of fused-ring (bicyclic) bond motifs is 1. The molecule has 1 aromatic rings. The summed E-state index contributed by atoms with van der Waals surface area (Å²) in [6.45, 7) is 1.56. The molecule has 0 bridgehead atoms. The van der Waals surface area contributed by atoms with Gasteiger partial charge in [-0.05, 0) is 54.8 Å². The molecule has 0 aliphatic carbocycles. The first-order valence-electron chi connectivity index (χ1n) is 9.46. The van der Waals surface area contributed by atoms with E-state index in [1.807, 2.05) is 4.90 Å². The SMILES string of the molecule is COc1ccc(/C=C2/C(=N)N3N=C(CC(=O)N4CCCCC4)SC3=NC2=O)cc1. The molecule has 8 nitrogen and oxygen atoms in total. The van der Waals surface area contributed by atoms with E-state index in [4.69, 9.17) is 10.1 Å². The highest BCUT2D eigenvalue weighted by Gasteiger charge is 2.36. The van der Waals surface area contributed by atoms with Gasteiger partial charge in [0.05, 0.1) is 19.1 Å². The van der Waals surface area contributed by atoms with Crippen molar-refractivity contribution in [1.82, 2.24) is 9.91 Å². The Morgan fingerprint density at radius 2 is 1.97 bits per heavy atom. The number of piperidine rings is 1. The molecular weight excluding hydrogens is 390 g/mol. The molecular formula is C20H21N5O3S. The van der Waals surface area contributed by atoms with E-state index in [0.717, 1.165) is 37.9 Å². The van der Waals surface area contributed by atoms with Crippen LogP contribution in [0.3, 0.4) is 0 Å². The highest BCUT2D eigenvalue weighted by atomic mass is 32.2. The van der Waals surface area contributed by atoms with Crippen LogP contribution in [-0.2, 0) is 9.59 Å². The molecule has 0 unspecified atom stereocenters. The van der Waals surface area contributed by atoms with Gasteiger partial charge in [0.2, 0.25) is 11.1 Å². The third-order valence-corrected chi connectivity index (χ3v) is 5.84. The van der Waals surface area contributed by atoms with E-state index in [0.29, 0.717) is 16.0 Å². The average molecular weight is 411 g/mol. The van der Waals surface area contributed by atoms with Crippen molar-refractivity contribution in [3.05, 3.63) is 35.4 Å². The number of nitrogens with one attached hydrogen (secondary N) is 1. The molecule has 29 heavy (non-hydrogen) atoms. The summed E-state index contributed by atoms with van der Waals surface area (Å²) >= 11 is 1.18. The standard InChI is InChI=1S/C20H21N5O3S/c1-28-14-7-5-13(6-8-14)11-15-18(21)25-20(22-19(15)27)29-16(23-25)12-17(26)24-9-3-2-4-10-24/h5-8,11,21H,2-4,9-10,12H2,1H3/b15-11-,21-18?. The number of likely N-dealkylation sites (tertiary alicyclic amines) is 1. The lowest BCUT2D eigenvalue weighted by molar-refractivity contribution is -0.130. The molecule has 1 fully saturated rings. The van der Waals surface area contributed by atoms with Crippen LogP contribution >= 0.6 is 11.8 Å². The van der Waals surface area contributed by atoms with Crippen LogP contribution in [0, 0.1) is 5.41 Å². The molecule has 0 radical (unpaired) electrons. The van der Waals surface area contributed by atoms with Gasteiger partial charge in [-0.25, -0.2) is 0 Å². The number of carbonyl (C=O) groups excluding carboxylic acids is 2. The van der Waals surface area contributed by atoms with Crippen molar-refractivity contribution in [2.45, 2.75) is 25.7 Å². The molecule has 3 aliphatic heterocycles. The number of thioether (sulfide) groups is 1. The summed E-state index contributed by atoms with van der Waals surface area (Å²) in [4.78, 5) is 30.9. The molecule has 1 N–H and O–H groups in total. The number of hydrazone groups is 1. The Morgan fingerprint density at radius 3 is 2.66 bits per heavy atom. The number of amides is 2. The monoisotopic (exact) mass is 411 g/mol. The summed E-state index contributed by atoms with van der Waals surface area (Å²) in [7, 11) is 1.58. The van der Waals surface area contributed by atoms with E-state index >= 15 is 0 Å². The first-order chi connectivity index (χ1) is 14.0. The number of benzene rings is 1. The van der Waals surface area contributed by atoms with Crippen LogP contribution in [0.5, 0.6) is 5.75 Å². The van der Waals surface area contributed by atoms with E-state index in [1.165, 1.54) is 16.8 Å². The van der Waals surface area contributed by atoms with Crippen molar-refractivity contribution in [2.75, 3.05) is 20.2 Å².